The molecule has 0 radical (unpaired) electrons. The molecule has 4 heteroatoms. The summed E-state index contributed by atoms with van der Waals surface area (Å²) in [5.74, 6) is 2.57. The fourth-order valence-electron chi connectivity index (χ4n) is 1.58. The fourth-order valence-corrected chi connectivity index (χ4v) is 2.65. The van der Waals surface area contributed by atoms with Gasteiger partial charge in [0.2, 0.25) is 5.91 Å². The van der Waals surface area contributed by atoms with Crippen molar-refractivity contribution in [2.45, 2.75) is 31.7 Å². The maximum Gasteiger partial charge on any atom is 0.220 e. The van der Waals surface area contributed by atoms with Crippen LogP contribution in [0.15, 0.2) is 0 Å². The Morgan fingerprint density at radius 1 is 1.57 bits per heavy atom. The van der Waals surface area contributed by atoms with Crippen LogP contribution in [-0.4, -0.2) is 37.0 Å². The molecule has 0 aliphatic carbocycles. The fraction of sp³-hybridized carbons (Fsp3) is 0.900. The van der Waals surface area contributed by atoms with Gasteiger partial charge in [-0.3, -0.25) is 4.79 Å². The molecule has 0 aromatic carbocycles. The van der Waals surface area contributed by atoms with Crippen LogP contribution in [0.25, 0.3) is 0 Å². The lowest BCUT2D eigenvalue weighted by Gasteiger charge is -2.22. The summed E-state index contributed by atoms with van der Waals surface area (Å²) in [6, 6.07) is 0.427. The van der Waals surface area contributed by atoms with Crippen molar-refractivity contribution in [2.24, 2.45) is 0 Å². The number of amides is 1. The van der Waals surface area contributed by atoms with E-state index < -0.39 is 0 Å². The first kappa shape index (κ1) is 11.9. The molecule has 1 fully saturated rings. The van der Waals surface area contributed by atoms with Gasteiger partial charge in [-0.15, -0.1) is 0 Å². The Labute approximate surface area is 90.4 Å². The first-order valence-corrected chi connectivity index (χ1v) is 6.50. The van der Waals surface area contributed by atoms with Gasteiger partial charge < -0.3 is 10.6 Å². The quantitative estimate of drug-likeness (QED) is 0.674. The summed E-state index contributed by atoms with van der Waals surface area (Å²) in [5.41, 5.74) is 0. The van der Waals surface area contributed by atoms with Crippen LogP contribution in [0.4, 0.5) is 0 Å². The third-order valence-corrected chi connectivity index (χ3v) is 3.57. The molecule has 0 saturated carbocycles. The van der Waals surface area contributed by atoms with Gasteiger partial charge in [0.05, 0.1) is 0 Å². The van der Waals surface area contributed by atoms with Crippen LogP contribution in [0, 0.1) is 0 Å². The zero-order chi connectivity index (χ0) is 10.2. The molecule has 0 aromatic rings. The molecule has 14 heavy (non-hydrogen) atoms. The van der Waals surface area contributed by atoms with Crippen molar-refractivity contribution in [2.75, 3.05) is 25.1 Å². The number of rotatable bonds is 5. The van der Waals surface area contributed by atoms with Crippen LogP contribution in [-0.2, 0) is 4.79 Å². The van der Waals surface area contributed by atoms with Gasteiger partial charge in [-0.25, -0.2) is 0 Å². The molecule has 0 aromatic heterocycles. The van der Waals surface area contributed by atoms with Gasteiger partial charge in [-0.05, 0) is 38.6 Å². The van der Waals surface area contributed by atoms with Crippen molar-refractivity contribution in [3.63, 3.8) is 0 Å². The highest BCUT2D eigenvalue weighted by Crippen LogP contribution is 2.16. The molecule has 1 unspecified atom stereocenters. The van der Waals surface area contributed by atoms with Crippen molar-refractivity contribution in [1.29, 1.82) is 0 Å². The number of carbonyl (C=O) groups excluding carboxylic acids is 1. The van der Waals surface area contributed by atoms with E-state index in [0.717, 1.165) is 25.1 Å². The van der Waals surface area contributed by atoms with Gasteiger partial charge in [-0.2, -0.15) is 11.8 Å². The van der Waals surface area contributed by atoms with E-state index in [9.17, 15) is 4.79 Å². The zero-order valence-electron chi connectivity index (χ0n) is 8.84. The van der Waals surface area contributed by atoms with Crippen LogP contribution in [0.3, 0.4) is 0 Å². The van der Waals surface area contributed by atoms with E-state index in [1.165, 1.54) is 12.2 Å². The van der Waals surface area contributed by atoms with Crippen LogP contribution < -0.4 is 10.6 Å². The molecule has 1 atom stereocenters. The van der Waals surface area contributed by atoms with Gasteiger partial charge in [0.1, 0.15) is 0 Å². The molecular formula is C10H20N2OS. The summed E-state index contributed by atoms with van der Waals surface area (Å²) < 4.78 is 0. The number of hydrogen-bond acceptors (Lipinski definition) is 3. The van der Waals surface area contributed by atoms with Crippen LogP contribution in [0.1, 0.15) is 25.7 Å². The molecule has 1 saturated heterocycles. The summed E-state index contributed by atoms with van der Waals surface area (Å²) in [6.07, 6.45) is 3.99. The zero-order valence-corrected chi connectivity index (χ0v) is 9.66. The van der Waals surface area contributed by atoms with E-state index in [-0.39, 0.29) is 5.91 Å². The molecule has 1 heterocycles. The highest BCUT2D eigenvalue weighted by Gasteiger charge is 2.15. The van der Waals surface area contributed by atoms with Crippen molar-refractivity contribution in [3.8, 4) is 0 Å². The molecule has 1 amide bonds. The van der Waals surface area contributed by atoms with Gasteiger partial charge >= 0.3 is 0 Å². The van der Waals surface area contributed by atoms with Crippen molar-refractivity contribution >= 4 is 17.7 Å². The number of thioether (sulfide) groups is 1. The van der Waals surface area contributed by atoms with E-state index in [2.05, 4.69) is 10.6 Å². The van der Waals surface area contributed by atoms with Crippen molar-refractivity contribution < 1.29 is 4.79 Å². The Balaban J connectivity index is 2.06. The number of hydrogen-bond donors (Lipinski definition) is 2. The second-order valence-electron chi connectivity index (χ2n) is 3.69. The maximum absolute atomic E-state index is 11.4. The molecular weight excluding hydrogens is 196 g/mol. The van der Waals surface area contributed by atoms with E-state index in [0.29, 0.717) is 12.5 Å². The Bertz CT molecular complexity index is 170. The Hall–Kier alpha value is -0.220. The summed E-state index contributed by atoms with van der Waals surface area (Å²) in [5, 5.41) is 6.13. The summed E-state index contributed by atoms with van der Waals surface area (Å²) >= 11 is 1.95. The predicted octanol–water partition coefficient (Wildman–Crippen LogP) is 0.998. The third-order valence-electron chi connectivity index (χ3n) is 2.36. The van der Waals surface area contributed by atoms with Crippen molar-refractivity contribution in [1.82, 2.24) is 10.6 Å². The highest BCUT2D eigenvalue weighted by atomic mass is 32.2. The van der Waals surface area contributed by atoms with Crippen LogP contribution in [0.2, 0.25) is 0 Å². The van der Waals surface area contributed by atoms with E-state index in [1.807, 2.05) is 18.8 Å². The number of nitrogens with one attached hydrogen (secondary N) is 2. The Morgan fingerprint density at radius 3 is 3.07 bits per heavy atom. The first-order chi connectivity index (χ1) is 6.83. The molecule has 1 rings (SSSR count). The van der Waals surface area contributed by atoms with E-state index in [1.54, 1.807) is 0 Å². The molecule has 0 bridgehead atoms. The minimum atomic E-state index is 0.216. The highest BCUT2D eigenvalue weighted by molar-refractivity contribution is 7.99. The molecule has 3 nitrogen and oxygen atoms in total. The normalized spacial score (nSPS) is 21.9. The molecule has 1 aliphatic heterocycles. The topological polar surface area (TPSA) is 41.1 Å². The molecule has 2 N–H and O–H groups in total. The average molecular weight is 216 g/mol. The molecule has 1 aliphatic rings. The summed E-state index contributed by atoms with van der Waals surface area (Å²) in [7, 11) is 1.91. The number of carbonyl (C=O) groups is 1. The smallest absolute Gasteiger partial charge is 0.220 e. The SMILES string of the molecule is CNCCCC(=O)NC1CCCSC1. The lowest BCUT2D eigenvalue weighted by Crippen LogP contribution is -2.38. The Morgan fingerprint density at radius 2 is 2.43 bits per heavy atom. The minimum absolute atomic E-state index is 0.216. The second-order valence-corrected chi connectivity index (χ2v) is 4.84. The van der Waals surface area contributed by atoms with Gasteiger partial charge in [-0.1, -0.05) is 0 Å². The molecule has 82 valence electrons. The summed E-state index contributed by atoms with van der Waals surface area (Å²) in [4.78, 5) is 11.4. The summed E-state index contributed by atoms with van der Waals surface area (Å²) in [6.45, 7) is 0.923. The standard InChI is InChI=1S/C10H20N2OS/c1-11-6-2-5-10(13)12-9-4-3-7-14-8-9/h9,11H,2-8H2,1H3,(H,12,13). The monoisotopic (exact) mass is 216 g/mol. The average Bonchev–Trinajstić information content (AvgIpc) is 2.20. The van der Waals surface area contributed by atoms with Gasteiger partial charge in [0.25, 0.3) is 0 Å². The third kappa shape index (κ3) is 4.86. The van der Waals surface area contributed by atoms with Gasteiger partial charge in [0, 0.05) is 18.2 Å². The lowest BCUT2D eigenvalue weighted by molar-refractivity contribution is -0.121. The van der Waals surface area contributed by atoms with Crippen molar-refractivity contribution in [3.05, 3.63) is 0 Å². The molecule has 0 spiro atoms. The van der Waals surface area contributed by atoms with Gasteiger partial charge in [0.15, 0.2) is 0 Å². The lowest BCUT2D eigenvalue weighted by atomic mass is 10.2. The second kappa shape index (κ2) is 7.12. The largest absolute Gasteiger partial charge is 0.353 e. The van der Waals surface area contributed by atoms with E-state index >= 15 is 0 Å². The Kier molecular flexibility index (Phi) is 6.03. The maximum atomic E-state index is 11.4. The first-order valence-electron chi connectivity index (χ1n) is 5.34. The minimum Gasteiger partial charge on any atom is -0.353 e. The van der Waals surface area contributed by atoms with Crippen LogP contribution in [0.5, 0.6) is 0 Å². The van der Waals surface area contributed by atoms with E-state index in [4.69, 9.17) is 0 Å². The predicted molar refractivity (Wildman–Crippen MR) is 61.7 cm³/mol. The van der Waals surface area contributed by atoms with Crippen LogP contribution >= 0.6 is 11.8 Å².